The van der Waals surface area contributed by atoms with Gasteiger partial charge in [-0.15, -0.1) is 0 Å². The Kier molecular flexibility index (Phi) is 4.75. The van der Waals surface area contributed by atoms with Gasteiger partial charge < -0.3 is 14.8 Å². The number of ether oxygens (including phenoxy) is 2. The molecule has 100 valence electrons. The number of nitrogens with one attached hydrogen (secondary N) is 1. The first kappa shape index (κ1) is 13.4. The van der Waals surface area contributed by atoms with Gasteiger partial charge in [-0.1, -0.05) is 18.2 Å². The summed E-state index contributed by atoms with van der Waals surface area (Å²) in [6, 6.07) is 11.8. The van der Waals surface area contributed by atoms with Gasteiger partial charge in [0.1, 0.15) is 18.2 Å². The standard InChI is InChI=1S/C15H18N2O2/c1-16-15-13(6-4-8-17-15)11-19-14-7-3-5-12(9-14)10-18-2/h3-9H,10-11H2,1-2H3,(H,16,17). The van der Waals surface area contributed by atoms with E-state index in [-0.39, 0.29) is 0 Å². The molecule has 2 aromatic rings. The Morgan fingerprint density at radius 3 is 2.84 bits per heavy atom. The molecule has 0 atom stereocenters. The first-order valence-corrected chi connectivity index (χ1v) is 6.16. The molecule has 2 rings (SSSR count). The number of pyridine rings is 1. The molecule has 1 heterocycles. The van der Waals surface area contributed by atoms with Crippen molar-refractivity contribution in [1.82, 2.24) is 4.98 Å². The Balaban J connectivity index is 2.03. The van der Waals surface area contributed by atoms with E-state index in [0.29, 0.717) is 13.2 Å². The predicted molar refractivity (Wildman–Crippen MR) is 75.3 cm³/mol. The summed E-state index contributed by atoms with van der Waals surface area (Å²) in [6.45, 7) is 1.08. The third-order valence-corrected chi connectivity index (χ3v) is 2.73. The van der Waals surface area contributed by atoms with E-state index in [0.717, 1.165) is 22.7 Å². The lowest BCUT2D eigenvalue weighted by atomic mass is 10.2. The second-order valence-corrected chi connectivity index (χ2v) is 4.13. The Labute approximate surface area is 113 Å². The minimum atomic E-state index is 0.487. The molecule has 1 aromatic heterocycles. The highest BCUT2D eigenvalue weighted by atomic mass is 16.5. The van der Waals surface area contributed by atoms with Gasteiger partial charge in [0.05, 0.1) is 6.61 Å². The molecule has 4 nitrogen and oxygen atoms in total. The van der Waals surface area contributed by atoms with E-state index in [4.69, 9.17) is 9.47 Å². The van der Waals surface area contributed by atoms with Crippen LogP contribution in [0.1, 0.15) is 11.1 Å². The van der Waals surface area contributed by atoms with Crippen molar-refractivity contribution >= 4 is 5.82 Å². The maximum absolute atomic E-state index is 5.79. The minimum Gasteiger partial charge on any atom is -0.489 e. The van der Waals surface area contributed by atoms with Gasteiger partial charge in [-0.2, -0.15) is 0 Å². The normalized spacial score (nSPS) is 10.2. The van der Waals surface area contributed by atoms with Crippen LogP contribution in [0, 0.1) is 0 Å². The van der Waals surface area contributed by atoms with Crippen molar-refractivity contribution in [3.8, 4) is 5.75 Å². The number of hydrogen-bond donors (Lipinski definition) is 1. The molecule has 0 radical (unpaired) electrons. The zero-order chi connectivity index (χ0) is 13.5. The number of benzene rings is 1. The van der Waals surface area contributed by atoms with Crippen LogP contribution in [0.4, 0.5) is 5.82 Å². The van der Waals surface area contributed by atoms with Crippen molar-refractivity contribution in [1.29, 1.82) is 0 Å². The fourth-order valence-corrected chi connectivity index (χ4v) is 1.83. The lowest BCUT2D eigenvalue weighted by molar-refractivity contribution is 0.184. The summed E-state index contributed by atoms with van der Waals surface area (Å²) in [4.78, 5) is 4.25. The molecule has 0 aliphatic heterocycles. The largest absolute Gasteiger partial charge is 0.489 e. The Morgan fingerprint density at radius 2 is 2.05 bits per heavy atom. The van der Waals surface area contributed by atoms with Gasteiger partial charge in [0, 0.05) is 25.9 Å². The molecular weight excluding hydrogens is 240 g/mol. The highest BCUT2D eigenvalue weighted by molar-refractivity contribution is 5.42. The van der Waals surface area contributed by atoms with E-state index in [1.807, 2.05) is 43.4 Å². The van der Waals surface area contributed by atoms with Gasteiger partial charge >= 0.3 is 0 Å². The van der Waals surface area contributed by atoms with Gasteiger partial charge in [0.15, 0.2) is 0 Å². The van der Waals surface area contributed by atoms with Crippen LogP contribution in [-0.2, 0) is 18.0 Å². The van der Waals surface area contributed by atoms with E-state index in [9.17, 15) is 0 Å². The van der Waals surface area contributed by atoms with Gasteiger partial charge in [-0.3, -0.25) is 0 Å². The van der Waals surface area contributed by atoms with Crippen LogP contribution >= 0.6 is 0 Å². The average molecular weight is 258 g/mol. The zero-order valence-corrected chi connectivity index (χ0v) is 11.2. The lowest BCUT2D eigenvalue weighted by Gasteiger charge is -2.10. The summed E-state index contributed by atoms with van der Waals surface area (Å²) in [5.41, 5.74) is 2.13. The third-order valence-electron chi connectivity index (χ3n) is 2.73. The summed E-state index contributed by atoms with van der Waals surface area (Å²) in [6.07, 6.45) is 1.76. The van der Waals surface area contributed by atoms with Crippen LogP contribution in [0.3, 0.4) is 0 Å². The Bertz CT molecular complexity index is 529. The minimum absolute atomic E-state index is 0.487. The van der Waals surface area contributed by atoms with Gasteiger partial charge in [0.25, 0.3) is 0 Å². The smallest absolute Gasteiger partial charge is 0.132 e. The monoisotopic (exact) mass is 258 g/mol. The third kappa shape index (κ3) is 3.69. The molecule has 1 aromatic carbocycles. The van der Waals surface area contributed by atoms with Gasteiger partial charge in [-0.05, 0) is 23.8 Å². The number of methoxy groups -OCH3 is 1. The maximum atomic E-state index is 5.79. The van der Waals surface area contributed by atoms with Crippen LogP contribution in [0.25, 0.3) is 0 Å². The Hall–Kier alpha value is -2.07. The highest BCUT2D eigenvalue weighted by Gasteiger charge is 2.03. The van der Waals surface area contributed by atoms with Crippen LogP contribution in [-0.4, -0.2) is 19.1 Å². The number of aromatic nitrogens is 1. The van der Waals surface area contributed by atoms with Gasteiger partial charge in [0.2, 0.25) is 0 Å². The van der Waals surface area contributed by atoms with Crippen LogP contribution in [0.2, 0.25) is 0 Å². The molecule has 0 aliphatic rings. The number of nitrogens with zero attached hydrogens (tertiary/aromatic N) is 1. The average Bonchev–Trinajstić information content (AvgIpc) is 2.46. The van der Waals surface area contributed by atoms with E-state index in [1.54, 1.807) is 13.3 Å². The number of anilines is 1. The first-order chi connectivity index (χ1) is 9.33. The lowest BCUT2D eigenvalue weighted by Crippen LogP contribution is -2.02. The van der Waals surface area contributed by atoms with Crippen molar-refractivity contribution in [3.05, 3.63) is 53.7 Å². The van der Waals surface area contributed by atoms with E-state index in [2.05, 4.69) is 10.3 Å². The summed E-state index contributed by atoms with van der Waals surface area (Å²) >= 11 is 0. The molecule has 19 heavy (non-hydrogen) atoms. The SMILES string of the molecule is CNc1ncccc1COc1cccc(COC)c1. The number of rotatable bonds is 6. The van der Waals surface area contributed by atoms with Crippen LogP contribution < -0.4 is 10.1 Å². The molecule has 4 heteroatoms. The van der Waals surface area contributed by atoms with Crippen molar-refractivity contribution in [3.63, 3.8) is 0 Å². The zero-order valence-electron chi connectivity index (χ0n) is 11.2. The fraction of sp³-hybridized carbons (Fsp3) is 0.267. The Morgan fingerprint density at radius 1 is 1.16 bits per heavy atom. The van der Waals surface area contributed by atoms with Crippen molar-refractivity contribution < 1.29 is 9.47 Å². The number of hydrogen-bond acceptors (Lipinski definition) is 4. The molecule has 0 spiro atoms. The summed E-state index contributed by atoms with van der Waals surface area (Å²) < 4.78 is 10.9. The topological polar surface area (TPSA) is 43.4 Å². The second kappa shape index (κ2) is 6.75. The van der Waals surface area contributed by atoms with Crippen molar-refractivity contribution in [2.45, 2.75) is 13.2 Å². The van der Waals surface area contributed by atoms with Crippen molar-refractivity contribution in [2.24, 2.45) is 0 Å². The summed E-state index contributed by atoms with van der Waals surface area (Å²) in [5, 5.41) is 3.05. The van der Waals surface area contributed by atoms with E-state index in [1.165, 1.54) is 0 Å². The fourth-order valence-electron chi connectivity index (χ4n) is 1.83. The molecule has 0 amide bonds. The molecule has 0 bridgehead atoms. The molecule has 0 saturated carbocycles. The molecule has 1 N–H and O–H groups in total. The molecule has 0 aliphatic carbocycles. The molecule has 0 fully saturated rings. The first-order valence-electron chi connectivity index (χ1n) is 6.16. The van der Waals surface area contributed by atoms with Crippen LogP contribution in [0.15, 0.2) is 42.6 Å². The van der Waals surface area contributed by atoms with Crippen LogP contribution in [0.5, 0.6) is 5.75 Å². The van der Waals surface area contributed by atoms with Crippen molar-refractivity contribution in [2.75, 3.05) is 19.5 Å². The quantitative estimate of drug-likeness (QED) is 0.865. The maximum Gasteiger partial charge on any atom is 0.132 e. The predicted octanol–water partition coefficient (Wildman–Crippen LogP) is 2.85. The van der Waals surface area contributed by atoms with E-state index < -0.39 is 0 Å². The molecular formula is C15H18N2O2. The molecule has 0 saturated heterocycles. The van der Waals surface area contributed by atoms with E-state index >= 15 is 0 Å². The summed E-state index contributed by atoms with van der Waals surface area (Å²) in [7, 11) is 3.54. The second-order valence-electron chi connectivity index (χ2n) is 4.13. The highest BCUT2D eigenvalue weighted by Crippen LogP contribution is 2.18. The molecule has 0 unspecified atom stereocenters. The summed E-state index contributed by atoms with van der Waals surface area (Å²) in [5.74, 6) is 1.68. The van der Waals surface area contributed by atoms with Gasteiger partial charge in [-0.25, -0.2) is 4.98 Å².